The van der Waals surface area contributed by atoms with Gasteiger partial charge in [0.15, 0.2) is 0 Å². The largest absolute Gasteiger partial charge is 0.465 e. The highest BCUT2D eigenvalue weighted by molar-refractivity contribution is 6.03. The predicted octanol–water partition coefficient (Wildman–Crippen LogP) is 2.75. The molecule has 2 aromatic rings. The Morgan fingerprint density at radius 1 is 1.28 bits per heavy atom. The zero-order valence-corrected chi connectivity index (χ0v) is 14.7. The second-order valence-electron chi connectivity index (χ2n) is 5.54. The van der Waals surface area contributed by atoms with Gasteiger partial charge in [-0.1, -0.05) is 19.4 Å². The standard InChI is InChI=1S/C18H22N4O3/c1-4-5-11-22(2)18-19-10-9-15(21-18)16(23)20-14-8-6-7-13(12-14)17(24)25-3/h6-10,12H,4-5,11H2,1-3H3,(H,20,23). The van der Waals surface area contributed by atoms with Gasteiger partial charge in [0.05, 0.1) is 12.7 Å². The Hall–Kier alpha value is -2.96. The van der Waals surface area contributed by atoms with Crippen LogP contribution in [0.25, 0.3) is 0 Å². The highest BCUT2D eigenvalue weighted by atomic mass is 16.5. The van der Waals surface area contributed by atoms with Crippen molar-refractivity contribution in [3.8, 4) is 0 Å². The van der Waals surface area contributed by atoms with Gasteiger partial charge < -0.3 is 15.0 Å². The summed E-state index contributed by atoms with van der Waals surface area (Å²) < 4.78 is 4.68. The van der Waals surface area contributed by atoms with Crippen molar-refractivity contribution in [2.75, 3.05) is 30.9 Å². The first-order valence-electron chi connectivity index (χ1n) is 8.09. The van der Waals surface area contributed by atoms with Crippen molar-refractivity contribution in [3.05, 3.63) is 47.8 Å². The number of ether oxygens (including phenoxy) is 1. The molecule has 7 nitrogen and oxygen atoms in total. The molecule has 0 saturated carbocycles. The van der Waals surface area contributed by atoms with Crippen molar-refractivity contribution in [1.29, 1.82) is 0 Å². The molecule has 1 amide bonds. The van der Waals surface area contributed by atoms with Crippen LogP contribution in [0.15, 0.2) is 36.5 Å². The number of methoxy groups -OCH3 is 1. The van der Waals surface area contributed by atoms with E-state index < -0.39 is 5.97 Å². The van der Waals surface area contributed by atoms with Crippen molar-refractivity contribution >= 4 is 23.5 Å². The zero-order valence-electron chi connectivity index (χ0n) is 14.7. The Kier molecular flexibility index (Phi) is 6.45. The molecular formula is C18H22N4O3. The lowest BCUT2D eigenvalue weighted by molar-refractivity contribution is 0.0600. The van der Waals surface area contributed by atoms with E-state index in [9.17, 15) is 9.59 Å². The highest BCUT2D eigenvalue weighted by Gasteiger charge is 2.12. The van der Waals surface area contributed by atoms with E-state index in [4.69, 9.17) is 0 Å². The number of carbonyl (C=O) groups excluding carboxylic acids is 2. The van der Waals surface area contributed by atoms with Crippen LogP contribution in [0.5, 0.6) is 0 Å². The van der Waals surface area contributed by atoms with Gasteiger partial charge in [0.25, 0.3) is 5.91 Å². The van der Waals surface area contributed by atoms with Crippen molar-refractivity contribution in [3.63, 3.8) is 0 Å². The second-order valence-corrected chi connectivity index (χ2v) is 5.54. The minimum Gasteiger partial charge on any atom is -0.465 e. The van der Waals surface area contributed by atoms with Crippen LogP contribution < -0.4 is 10.2 Å². The van der Waals surface area contributed by atoms with Crippen LogP contribution in [-0.2, 0) is 4.74 Å². The number of aromatic nitrogens is 2. The topological polar surface area (TPSA) is 84.4 Å². The SMILES string of the molecule is CCCCN(C)c1nccc(C(=O)Nc2cccc(C(=O)OC)c2)n1. The van der Waals surface area contributed by atoms with Gasteiger partial charge in [-0.3, -0.25) is 4.79 Å². The summed E-state index contributed by atoms with van der Waals surface area (Å²) in [5, 5.41) is 2.73. The van der Waals surface area contributed by atoms with Crippen molar-refractivity contribution in [1.82, 2.24) is 9.97 Å². The summed E-state index contributed by atoms with van der Waals surface area (Å²) in [5.41, 5.74) is 1.12. The average Bonchev–Trinajstić information content (AvgIpc) is 2.65. The number of benzene rings is 1. The summed E-state index contributed by atoms with van der Waals surface area (Å²) in [5.74, 6) is -0.322. The first-order chi connectivity index (χ1) is 12.0. The maximum absolute atomic E-state index is 12.4. The predicted molar refractivity (Wildman–Crippen MR) is 95.9 cm³/mol. The third-order valence-corrected chi connectivity index (χ3v) is 3.61. The summed E-state index contributed by atoms with van der Waals surface area (Å²) in [6.45, 7) is 2.93. The molecule has 0 atom stereocenters. The van der Waals surface area contributed by atoms with E-state index >= 15 is 0 Å². The number of rotatable bonds is 7. The molecule has 0 spiro atoms. The van der Waals surface area contributed by atoms with E-state index in [1.165, 1.54) is 7.11 Å². The molecule has 0 aliphatic heterocycles. The van der Waals surface area contributed by atoms with Gasteiger partial charge in [-0.2, -0.15) is 0 Å². The molecule has 0 aliphatic rings. The smallest absolute Gasteiger partial charge is 0.337 e. The molecule has 0 aliphatic carbocycles. The van der Waals surface area contributed by atoms with Gasteiger partial charge >= 0.3 is 5.97 Å². The van der Waals surface area contributed by atoms with Crippen LogP contribution in [0, 0.1) is 0 Å². The van der Waals surface area contributed by atoms with Crippen LogP contribution in [0.3, 0.4) is 0 Å². The molecule has 132 valence electrons. The normalized spacial score (nSPS) is 10.2. The average molecular weight is 342 g/mol. The second kappa shape index (κ2) is 8.77. The summed E-state index contributed by atoms with van der Waals surface area (Å²) in [7, 11) is 3.21. The van der Waals surface area contributed by atoms with E-state index in [1.54, 1.807) is 36.5 Å². The lowest BCUT2D eigenvalue weighted by Crippen LogP contribution is -2.23. The molecule has 1 heterocycles. The summed E-state index contributed by atoms with van der Waals surface area (Å²) in [4.78, 5) is 34.4. The van der Waals surface area contributed by atoms with E-state index in [-0.39, 0.29) is 11.6 Å². The fourth-order valence-corrected chi connectivity index (χ4v) is 2.19. The van der Waals surface area contributed by atoms with Crippen LogP contribution >= 0.6 is 0 Å². The lowest BCUT2D eigenvalue weighted by Gasteiger charge is -2.16. The number of nitrogens with one attached hydrogen (secondary N) is 1. The van der Waals surface area contributed by atoms with Crippen LogP contribution in [0.2, 0.25) is 0 Å². The molecule has 0 saturated heterocycles. The first-order valence-corrected chi connectivity index (χ1v) is 8.09. The molecule has 1 aromatic carbocycles. The molecule has 7 heteroatoms. The monoisotopic (exact) mass is 342 g/mol. The summed E-state index contributed by atoms with van der Waals surface area (Å²) >= 11 is 0. The van der Waals surface area contributed by atoms with Gasteiger partial charge in [0, 0.05) is 25.5 Å². The molecule has 0 unspecified atom stereocenters. The minimum atomic E-state index is -0.460. The molecule has 2 rings (SSSR count). The van der Waals surface area contributed by atoms with Gasteiger partial charge in [0.2, 0.25) is 5.95 Å². The number of carbonyl (C=O) groups is 2. The fourth-order valence-electron chi connectivity index (χ4n) is 2.19. The molecule has 1 aromatic heterocycles. The maximum atomic E-state index is 12.4. The quantitative estimate of drug-likeness (QED) is 0.779. The van der Waals surface area contributed by atoms with Gasteiger partial charge in [-0.15, -0.1) is 0 Å². The zero-order chi connectivity index (χ0) is 18.2. The van der Waals surface area contributed by atoms with E-state index in [2.05, 4.69) is 26.9 Å². The van der Waals surface area contributed by atoms with E-state index in [1.807, 2.05) is 11.9 Å². The Morgan fingerprint density at radius 2 is 2.08 bits per heavy atom. The Bertz CT molecular complexity index is 749. The number of hydrogen-bond donors (Lipinski definition) is 1. The first kappa shape index (κ1) is 18.4. The Labute approximate surface area is 147 Å². The number of amides is 1. The summed E-state index contributed by atoms with van der Waals surface area (Å²) in [6.07, 6.45) is 3.65. The third-order valence-electron chi connectivity index (χ3n) is 3.61. The lowest BCUT2D eigenvalue weighted by atomic mass is 10.2. The van der Waals surface area contributed by atoms with Crippen LogP contribution in [-0.4, -0.2) is 42.5 Å². The maximum Gasteiger partial charge on any atom is 0.337 e. The fraction of sp³-hybridized carbons (Fsp3) is 0.333. The number of nitrogens with zero attached hydrogens (tertiary/aromatic N) is 3. The number of hydrogen-bond acceptors (Lipinski definition) is 6. The third kappa shape index (κ3) is 5.00. The van der Waals surface area contributed by atoms with Crippen molar-refractivity contribution in [2.24, 2.45) is 0 Å². The molecule has 0 bridgehead atoms. The molecule has 0 fully saturated rings. The van der Waals surface area contributed by atoms with Crippen LogP contribution in [0.4, 0.5) is 11.6 Å². The Balaban J connectivity index is 2.12. The minimum absolute atomic E-state index is 0.261. The molecule has 25 heavy (non-hydrogen) atoms. The van der Waals surface area contributed by atoms with Crippen LogP contribution in [0.1, 0.15) is 40.6 Å². The number of unbranched alkanes of at least 4 members (excludes halogenated alkanes) is 1. The van der Waals surface area contributed by atoms with E-state index in [0.29, 0.717) is 17.2 Å². The molecule has 0 radical (unpaired) electrons. The van der Waals surface area contributed by atoms with E-state index in [0.717, 1.165) is 19.4 Å². The Morgan fingerprint density at radius 3 is 2.80 bits per heavy atom. The van der Waals surface area contributed by atoms with Gasteiger partial charge in [-0.05, 0) is 30.7 Å². The molecular weight excluding hydrogens is 320 g/mol. The summed E-state index contributed by atoms with van der Waals surface area (Å²) in [6, 6.07) is 8.09. The number of esters is 1. The molecule has 1 N–H and O–H groups in total. The van der Waals surface area contributed by atoms with Crippen molar-refractivity contribution < 1.29 is 14.3 Å². The highest BCUT2D eigenvalue weighted by Crippen LogP contribution is 2.13. The van der Waals surface area contributed by atoms with Gasteiger partial charge in [0.1, 0.15) is 5.69 Å². The van der Waals surface area contributed by atoms with Crippen molar-refractivity contribution in [2.45, 2.75) is 19.8 Å². The number of anilines is 2. The van der Waals surface area contributed by atoms with Gasteiger partial charge in [-0.25, -0.2) is 14.8 Å².